The standard InChI is InChI=1S/C19H23N5O3/c1-10-11(5-6-13-16(10)18(20)24-19(21)23-13)9-22-12-7-14(25-2)17(27-4)15(8-12)26-3/h5-8,22H,9H2,1-4H3,(H4,20,21,23,24)/i7D,8D,9D2. The van der Waals surface area contributed by atoms with E-state index in [4.69, 9.17) is 31.2 Å². The summed E-state index contributed by atoms with van der Waals surface area (Å²) in [6.45, 7) is -0.520. The number of benzene rings is 2. The van der Waals surface area contributed by atoms with E-state index in [2.05, 4.69) is 15.3 Å². The molecule has 0 spiro atoms. The van der Waals surface area contributed by atoms with Gasteiger partial charge in [-0.15, -0.1) is 0 Å². The summed E-state index contributed by atoms with van der Waals surface area (Å²) < 4.78 is 49.9. The number of nitrogens with one attached hydrogen (secondary N) is 1. The highest BCUT2D eigenvalue weighted by atomic mass is 16.5. The molecule has 0 aliphatic carbocycles. The number of nitrogens with zero attached hydrogens (tertiary/aromatic N) is 2. The van der Waals surface area contributed by atoms with Crippen LogP contribution in [0.1, 0.15) is 16.6 Å². The fourth-order valence-corrected chi connectivity index (χ4v) is 2.72. The zero-order valence-corrected chi connectivity index (χ0v) is 15.4. The number of rotatable bonds is 6. The molecule has 8 heteroatoms. The summed E-state index contributed by atoms with van der Waals surface area (Å²) in [6.07, 6.45) is 0. The molecule has 3 aromatic rings. The Kier molecular flexibility index (Phi) is 3.79. The molecule has 0 fully saturated rings. The number of aromatic nitrogens is 2. The van der Waals surface area contributed by atoms with E-state index in [1.165, 1.54) is 21.3 Å². The van der Waals surface area contributed by atoms with E-state index >= 15 is 0 Å². The molecule has 1 heterocycles. The highest BCUT2D eigenvalue weighted by molar-refractivity contribution is 5.92. The van der Waals surface area contributed by atoms with Crippen LogP contribution in [0.2, 0.25) is 0 Å². The molecule has 3 rings (SSSR count). The fourth-order valence-electron chi connectivity index (χ4n) is 2.72. The zero-order valence-electron chi connectivity index (χ0n) is 19.4. The second-order valence-corrected chi connectivity index (χ2v) is 5.57. The Morgan fingerprint density at radius 3 is 2.33 bits per heavy atom. The van der Waals surface area contributed by atoms with Crippen LogP contribution in [-0.4, -0.2) is 31.3 Å². The van der Waals surface area contributed by atoms with Gasteiger partial charge in [0.2, 0.25) is 11.7 Å². The molecule has 1 aromatic heterocycles. The predicted octanol–water partition coefficient (Wildman–Crippen LogP) is 2.74. The van der Waals surface area contributed by atoms with Crippen LogP contribution >= 0.6 is 0 Å². The van der Waals surface area contributed by atoms with Crippen molar-refractivity contribution in [3.8, 4) is 17.2 Å². The molecule has 142 valence electrons. The van der Waals surface area contributed by atoms with Crippen LogP contribution in [0, 0.1) is 6.92 Å². The topological polar surface area (TPSA) is 118 Å². The highest BCUT2D eigenvalue weighted by Gasteiger charge is 2.14. The molecule has 5 N–H and O–H groups in total. The Bertz CT molecular complexity index is 1140. The molecular formula is C19H23N5O3. The van der Waals surface area contributed by atoms with Crippen LogP contribution in [-0.2, 0) is 6.50 Å². The summed E-state index contributed by atoms with van der Waals surface area (Å²) in [6, 6.07) is 2.64. The predicted molar refractivity (Wildman–Crippen MR) is 107 cm³/mol. The van der Waals surface area contributed by atoms with Gasteiger partial charge in [-0.25, -0.2) is 4.98 Å². The SMILES string of the molecule is [2H]c1c(NC([2H])([2H])c2ccc3nc(N)nc(N)c3c2C)c([2H])c(OC)c(OC)c1OC. The van der Waals surface area contributed by atoms with Crippen LogP contribution in [0.25, 0.3) is 10.9 Å². The molecule has 0 saturated heterocycles. The number of anilines is 3. The van der Waals surface area contributed by atoms with E-state index in [1.807, 2.05) is 0 Å². The third-order valence-electron chi connectivity index (χ3n) is 3.99. The molecule has 0 atom stereocenters. The van der Waals surface area contributed by atoms with Crippen LogP contribution < -0.4 is 31.0 Å². The van der Waals surface area contributed by atoms with Gasteiger partial charge in [0.15, 0.2) is 11.5 Å². The molecule has 0 saturated carbocycles. The summed E-state index contributed by atoms with van der Waals surface area (Å²) >= 11 is 0. The van der Waals surface area contributed by atoms with Crippen molar-refractivity contribution in [3.05, 3.63) is 35.3 Å². The second kappa shape index (κ2) is 7.45. The summed E-state index contributed by atoms with van der Waals surface area (Å²) in [7, 11) is 4.06. The van der Waals surface area contributed by atoms with Gasteiger partial charge in [-0.3, -0.25) is 0 Å². The first kappa shape index (κ1) is 13.7. The Balaban J connectivity index is 2.18. The maximum Gasteiger partial charge on any atom is 0.222 e. The van der Waals surface area contributed by atoms with E-state index < -0.39 is 6.50 Å². The first-order chi connectivity index (χ1) is 14.6. The Hall–Kier alpha value is -3.42. The van der Waals surface area contributed by atoms with Gasteiger partial charge in [0.25, 0.3) is 0 Å². The van der Waals surface area contributed by atoms with Gasteiger partial charge in [-0.05, 0) is 24.1 Å². The van der Waals surface area contributed by atoms with Gasteiger partial charge in [0, 0.05) is 29.7 Å². The Morgan fingerprint density at radius 2 is 1.74 bits per heavy atom. The van der Waals surface area contributed by atoms with Crippen molar-refractivity contribution in [2.24, 2.45) is 0 Å². The number of methoxy groups -OCH3 is 3. The first-order valence-corrected chi connectivity index (χ1v) is 7.97. The molecule has 0 unspecified atom stereocenters. The van der Waals surface area contributed by atoms with Crippen LogP contribution in [0.5, 0.6) is 17.2 Å². The highest BCUT2D eigenvalue weighted by Crippen LogP contribution is 2.40. The molecule has 2 aromatic carbocycles. The van der Waals surface area contributed by atoms with Gasteiger partial charge >= 0.3 is 0 Å². The maximum atomic E-state index is 8.65. The average Bonchev–Trinajstić information content (AvgIpc) is 2.70. The number of hydrogen-bond acceptors (Lipinski definition) is 8. The number of nitrogen functional groups attached to an aromatic ring is 2. The lowest BCUT2D eigenvalue weighted by molar-refractivity contribution is 0.324. The van der Waals surface area contributed by atoms with E-state index in [0.29, 0.717) is 16.5 Å². The van der Waals surface area contributed by atoms with E-state index in [-0.39, 0.29) is 52.4 Å². The summed E-state index contributed by atoms with van der Waals surface area (Å²) in [5.74, 6) is 0.255. The van der Waals surface area contributed by atoms with Crippen molar-refractivity contribution in [2.45, 2.75) is 13.4 Å². The Morgan fingerprint density at radius 1 is 1.07 bits per heavy atom. The van der Waals surface area contributed by atoms with Crippen LogP contribution in [0.3, 0.4) is 0 Å². The first-order valence-electron chi connectivity index (χ1n) is 9.97. The van der Waals surface area contributed by atoms with Crippen LogP contribution in [0.4, 0.5) is 17.5 Å². The van der Waals surface area contributed by atoms with Gasteiger partial charge < -0.3 is 31.0 Å². The number of nitrogens with two attached hydrogens (primary N) is 2. The number of aryl methyl sites for hydroxylation is 1. The smallest absolute Gasteiger partial charge is 0.222 e. The molecule has 8 nitrogen and oxygen atoms in total. The lowest BCUT2D eigenvalue weighted by Gasteiger charge is -2.16. The molecular weight excluding hydrogens is 346 g/mol. The summed E-state index contributed by atoms with van der Waals surface area (Å²) in [4.78, 5) is 8.09. The third-order valence-corrected chi connectivity index (χ3v) is 3.99. The number of fused-ring (bicyclic) bond motifs is 1. The third kappa shape index (κ3) is 3.46. The van der Waals surface area contributed by atoms with E-state index in [1.54, 1.807) is 19.1 Å². The van der Waals surface area contributed by atoms with Gasteiger partial charge in [0.1, 0.15) is 5.82 Å². The fraction of sp³-hybridized carbons (Fsp3) is 0.263. The van der Waals surface area contributed by atoms with Crippen molar-refractivity contribution in [2.75, 3.05) is 38.1 Å². The quantitative estimate of drug-likeness (QED) is 0.604. The van der Waals surface area contributed by atoms with Gasteiger partial charge in [0.05, 0.1) is 32.3 Å². The number of ether oxygens (including phenoxy) is 3. The minimum atomic E-state index is -2.21. The van der Waals surface area contributed by atoms with Crippen LogP contribution in [0.15, 0.2) is 24.2 Å². The lowest BCUT2D eigenvalue weighted by atomic mass is 10.0. The van der Waals surface area contributed by atoms with E-state index in [9.17, 15) is 0 Å². The molecule has 0 radical (unpaired) electrons. The second-order valence-electron chi connectivity index (χ2n) is 5.57. The van der Waals surface area contributed by atoms with Crippen molar-refractivity contribution in [1.82, 2.24) is 9.97 Å². The lowest BCUT2D eigenvalue weighted by Crippen LogP contribution is -2.06. The minimum Gasteiger partial charge on any atom is -0.493 e. The summed E-state index contributed by atoms with van der Waals surface area (Å²) in [5.41, 5.74) is 12.7. The molecule has 0 bridgehead atoms. The number of hydrogen-bond donors (Lipinski definition) is 3. The normalized spacial score (nSPS) is 13.3. The van der Waals surface area contributed by atoms with E-state index in [0.717, 1.165) is 0 Å². The largest absolute Gasteiger partial charge is 0.493 e. The van der Waals surface area contributed by atoms with Gasteiger partial charge in [-0.2, -0.15) is 4.98 Å². The zero-order chi connectivity index (χ0) is 23.1. The molecule has 0 aliphatic heterocycles. The monoisotopic (exact) mass is 373 g/mol. The molecule has 27 heavy (non-hydrogen) atoms. The minimum absolute atomic E-state index is 0.0111. The van der Waals surface area contributed by atoms with Crippen molar-refractivity contribution in [3.63, 3.8) is 0 Å². The van der Waals surface area contributed by atoms with Crippen molar-refractivity contribution in [1.29, 1.82) is 0 Å². The molecule has 0 aliphatic rings. The molecule has 0 amide bonds. The van der Waals surface area contributed by atoms with Crippen molar-refractivity contribution >= 4 is 28.4 Å². The van der Waals surface area contributed by atoms with Crippen molar-refractivity contribution < 1.29 is 19.7 Å². The average molecular weight is 373 g/mol. The van der Waals surface area contributed by atoms with Gasteiger partial charge in [-0.1, -0.05) is 6.07 Å². The Labute approximate surface area is 163 Å². The maximum absolute atomic E-state index is 8.65. The summed E-state index contributed by atoms with van der Waals surface area (Å²) in [5, 5.41) is 3.12.